The topological polar surface area (TPSA) is 40.5 Å². The molecule has 0 heterocycles. The van der Waals surface area contributed by atoms with Crippen LogP contribution in [0.15, 0.2) is 12.1 Å². The molecule has 0 aliphatic rings. The van der Waals surface area contributed by atoms with Crippen molar-refractivity contribution >= 4 is 6.41 Å². The van der Waals surface area contributed by atoms with Crippen LogP contribution < -0.4 is 0 Å². The van der Waals surface area contributed by atoms with Crippen molar-refractivity contribution < 1.29 is 9.90 Å². The molecule has 0 saturated carbocycles. The number of aliphatic hydroxyl groups excluding tert-OH is 1. The summed E-state index contributed by atoms with van der Waals surface area (Å²) in [5.41, 5.74) is 4.25. The molecule has 0 bridgehead atoms. The first-order valence-electron chi connectivity index (χ1n) is 5.94. The molecule has 1 N–H and O–H groups in total. The number of amides is 1. The molecular formula is C14H23NO2. The molecule has 0 atom stereocenters. The van der Waals surface area contributed by atoms with E-state index in [4.69, 9.17) is 5.11 Å². The highest BCUT2D eigenvalue weighted by Crippen LogP contribution is 2.17. The Balaban J connectivity index is 0.00000121. The fourth-order valence-electron chi connectivity index (χ4n) is 1.59. The smallest absolute Gasteiger partial charge is 0.209 e. The largest absolute Gasteiger partial charge is 0.392 e. The maximum Gasteiger partial charge on any atom is 0.209 e. The first kappa shape index (κ1) is 15.7. The standard InChI is InChI=1S/C12H17NO2.C2H6/c1-9-4-10(2)12(7-14)5-11(9)6-13(3)8-15;1-2/h4-5,8,14H,6-7H2,1-3H3;1-2H3. The second-order valence-electron chi connectivity index (χ2n) is 3.88. The first-order chi connectivity index (χ1) is 8.08. The predicted molar refractivity (Wildman–Crippen MR) is 70.7 cm³/mol. The average Bonchev–Trinajstić information content (AvgIpc) is 2.35. The Bertz CT molecular complexity index is 361. The Kier molecular flexibility index (Phi) is 7.22. The maximum absolute atomic E-state index is 10.5. The van der Waals surface area contributed by atoms with Gasteiger partial charge in [-0.1, -0.05) is 26.0 Å². The van der Waals surface area contributed by atoms with E-state index in [1.807, 2.05) is 39.8 Å². The van der Waals surface area contributed by atoms with Crippen LogP contribution in [-0.4, -0.2) is 23.5 Å². The SMILES string of the molecule is CC.Cc1cc(C)c(CN(C)C=O)cc1CO. The van der Waals surface area contributed by atoms with E-state index in [9.17, 15) is 4.79 Å². The van der Waals surface area contributed by atoms with Crippen LogP contribution in [0.1, 0.15) is 36.1 Å². The molecule has 17 heavy (non-hydrogen) atoms. The molecule has 0 aliphatic carbocycles. The third-order valence-corrected chi connectivity index (χ3v) is 2.56. The van der Waals surface area contributed by atoms with Gasteiger partial charge in [0.25, 0.3) is 0 Å². The number of hydrogen-bond acceptors (Lipinski definition) is 2. The zero-order valence-electron chi connectivity index (χ0n) is 11.4. The van der Waals surface area contributed by atoms with Crippen LogP contribution in [0.2, 0.25) is 0 Å². The molecule has 3 nitrogen and oxygen atoms in total. The van der Waals surface area contributed by atoms with E-state index < -0.39 is 0 Å². The summed E-state index contributed by atoms with van der Waals surface area (Å²) in [5.74, 6) is 0. The summed E-state index contributed by atoms with van der Waals surface area (Å²) in [6.45, 7) is 8.63. The molecular weight excluding hydrogens is 214 g/mol. The number of aryl methyl sites for hydroxylation is 2. The van der Waals surface area contributed by atoms with Crippen molar-refractivity contribution in [3.8, 4) is 0 Å². The van der Waals surface area contributed by atoms with Crippen molar-refractivity contribution in [2.24, 2.45) is 0 Å². The summed E-state index contributed by atoms with van der Waals surface area (Å²) in [6, 6.07) is 4.00. The third-order valence-electron chi connectivity index (χ3n) is 2.56. The molecule has 0 radical (unpaired) electrons. The molecule has 1 rings (SSSR count). The highest BCUT2D eigenvalue weighted by Gasteiger charge is 2.05. The van der Waals surface area contributed by atoms with E-state index in [2.05, 4.69) is 0 Å². The Morgan fingerprint density at radius 3 is 2.18 bits per heavy atom. The minimum absolute atomic E-state index is 0.0456. The lowest BCUT2D eigenvalue weighted by atomic mass is 10.00. The molecule has 1 aromatic carbocycles. The predicted octanol–water partition coefficient (Wildman–Crippen LogP) is 2.41. The van der Waals surface area contributed by atoms with E-state index in [0.717, 1.165) is 28.7 Å². The zero-order valence-corrected chi connectivity index (χ0v) is 11.4. The first-order valence-corrected chi connectivity index (χ1v) is 5.94. The van der Waals surface area contributed by atoms with Crippen LogP contribution in [0.3, 0.4) is 0 Å². The lowest BCUT2D eigenvalue weighted by Crippen LogP contribution is -2.16. The molecule has 0 fully saturated rings. The number of carbonyl (C=O) groups is 1. The van der Waals surface area contributed by atoms with Crippen molar-refractivity contribution in [3.63, 3.8) is 0 Å². The number of carbonyl (C=O) groups excluding carboxylic acids is 1. The van der Waals surface area contributed by atoms with Gasteiger partial charge in [-0.15, -0.1) is 0 Å². The number of rotatable bonds is 4. The quantitative estimate of drug-likeness (QED) is 0.817. The zero-order chi connectivity index (χ0) is 13.4. The Morgan fingerprint density at radius 2 is 1.71 bits per heavy atom. The van der Waals surface area contributed by atoms with Crippen LogP contribution in [0, 0.1) is 13.8 Å². The fraction of sp³-hybridized carbons (Fsp3) is 0.500. The summed E-state index contributed by atoms with van der Waals surface area (Å²) in [6.07, 6.45) is 0.803. The minimum Gasteiger partial charge on any atom is -0.392 e. The fourth-order valence-corrected chi connectivity index (χ4v) is 1.59. The van der Waals surface area contributed by atoms with Gasteiger partial charge in [-0.25, -0.2) is 0 Å². The van der Waals surface area contributed by atoms with E-state index in [1.54, 1.807) is 11.9 Å². The van der Waals surface area contributed by atoms with Crippen LogP contribution in [0.5, 0.6) is 0 Å². The van der Waals surface area contributed by atoms with Crippen LogP contribution >= 0.6 is 0 Å². The number of benzene rings is 1. The second kappa shape index (κ2) is 7.85. The van der Waals surface area contributed by atoms with Crippen molar-refractivity contribution in [2.75, 3.05) is 7.05 Å². The third kappa shape index (κ3) is 4.57. The number of hydrogen-bond donors (Lipinski definition) is 1. The molecule has 0 aromatic heterocycles. The monoisotopic (exact) mass is 237 g/mol. The molecule has 0 saturated heterocycles. The van der Waals surface area contributed by atoms with E-state index >= 15 is 0 Å². The van der Waals surface area contributed by atoms with Crippen LogP contribution in [-0.2, 0) is 17.9 Å². The van der Waals surface area contributed by atoms with Crippen LogP contribution in [0.4, 0.5) is 0 Å². The van der Waals surface area contributed by atoms with E-state index in [1.165, 1.54) is 0 Å². The summed E-state index contributed by atoms with van der Waals surface area (Å²) in [5, 5.41) is 9.14. The normalized spacial score (nSPS) is 9.29. The summed E-state index contributed by atoms with van der Waals surface area (Å²) in [7, 11) is 1.74. The van der Waals surface area contributed by atoms with Gasteiger partial charge in [0.1, 0.15) is 0 Å². The van der Waals surface area contributed by atoms with Gasteiger partial charge in [-0.05, 0) is 36.1 Å². The Labute approximate surface area is 104 Å². The minimum atomic E-state index is 0.0456. The van der Waals surface area contributed by atoms with Gasteiger partial charge in [0.15, 0.2) is 0 Å². The van der Waals surface area contributed by atoms with E-state index in [-0.39, 0.29) is 6.61 Å². The van der Waals surface area contributed by atoms with Gasteiger partial charge in [0.2, 0.25) is 6.41 Å². The van der Waals surface area contributed by atoms with Crippen molar-refractivity contribution in [1.29, 1.82) is 0 Å². The van der Waals surface area contributed by atoms with Crippen molar-refractivity contribution in [3.05, 3.63) is 34.4 Å². The maximum atomic E-state index is 10.5. The van der Waals surface area contributed by atoms with Gasteiger partial charge >= 0.3 is 0 Å². The van der Waals surface area contributed by atoms with Crippen LogP contribution in [0.25, 0.3) is 0 Å². The molecule has 96 valence electrons. The molecule has 3 heteroatoms. The summed E-state index contributed by atoms with van der Waals surface area (Å²) in [4.78, 5) is 12.1. The second-order valence-corrected chi connectivity index (χ2v) is 3.88. The number of nitrogens with zero attached hydrogens (tertiary/aromatic N) is 1. The molecule has 0 unspecified atom stereocenters. The summed E-state index contributed by atoms with van der Waals surface area (Å²) >= 11 is 0. The highest BCUT2D eigenvalue weighted by atomic mass is 16.3. The molecule has 1 aromatic rings. The Hall–Kier alpha value is -1.35. The molecule has 1 amide bonds. The summed E-state index contributed by atoms with van der Waals surface area (Å²) < 4.78 is 0. The van der Waals surface area contributed by atoms with E-state index in [0.29, 0.717) is 6.54 Å². The average molecular weight is 237 g/mol. The van der Waals surface area contributed by atoms with Gasteiger partial charge in [-0.3, -0.25) is 4.79 Å². The lowest BCUT2D eigenvalue weighted by Gasteiger charge is -2.15. The number of aliphatic hydroxyl groups is 1. The van der Waals surface area contributed by atoms with Gasteiger partial charge in [0, 0.05) is 13.6 Å². The lowest BCUT2D eigenvalue weighted by molar-refractivity contribution is -0.117. The Morgan fingerprint density at radius 1 is 1.18 bits per heavy atom. The van der Waals surface area contributed by atoms with Crippen molar-refractivity contribution in [1.82, 2.24) is 4.90 Å². The van der Waals surface area contributed by atoms with Gasteiger partial charge in [0.05, 0.1) is 6.61 Å². The highest BCUT2D eigenvalue weighted by molar-refractivity contribution is 5.47. The van der Waals surface area contributed by atoms with Gasteiger partial charge in [-0.2, -0.15) is 0 Å². The molecule has 0 spiro atoms. The van der Waals surface area contributed by atoms with Crippen molar-refractivity contribution in [2.45, 2.75) is 40.8 Å². The van der Waals surface area contributed by atoms with Gasteiger partial charge < -0.3 is 10.0 Å². The molecule has 0 aliphatic heterocycles.